The summed E-state index contributed by atoms with van der Waals surface area (Å²) in [5, 5.41) is 18.3. The van der Waals surface area contributed by atoms with Gasteiger partial charge in [-0.15, -0.1) is 0 Å². The van der Waals surface area contributed by atoms with E-state index in [0.717, 1.165) is 0 Å². The lowest BCUT2D eigenvalue weighted by Crippen LogP contribution is -2.29. The fourth-order valence-corrected chi connectivity index (χ4v) is 1.60. The number of hydrogen-bond donors (Lipinski definition) is 2. The molecule has 60 valence electrons. The number of aliphatic hydroxyl groups excluding tert-OH is 1. The average Bonchev–Trinajstić information content (AvgIpc) is 2.05. The number of likely N-dealkylation sites (N-methyl/N-ethyl adjacent to an activating group) is 1. The molecule has 0 aromatic heterocycles. The van der Waals surface area contributed by atoms with Crippen LogP contribution in [0.25, 0.3) is 0 Å². The number of aliphatic hydroxyl groups is 2. The van der Waals surface area contributed by atoms with Crippen molar-refractivity contribution in [2.45, 2.75) is 25.0 Å². The largest absolute Gasteiger partial charge is 0.395 e. The lowest BCUT2D eigenvalue weighted by molar-refractivity contribution is 0.0711. The van der Waals surface area contributed by atoms with Crippen molar-refractivity contribution in [1.29, 1.82) is 0 Å². The molecule has 0 radical (unpaired) electrons. The maximum atomic E-state index is 9.51. The van der Waals surface area contributed by atoms with Gasteiger partial charge in [0.1, 0.15) is 0 Å². The van der Waals surface area contributed by atoms with Gasteiger partial charge in [0.25, 0.3) is 0 Å². The van der Waals surface area contributed by atoms with Crippen LogP contribution in [0, 0.1) is 0 Å². The van der Waals surface area contributed by atoms with Crippen LogP contribution in [-0.2, 0) is 0 Å². The molecule has 0 bridgehead atoms. The molecule has 10 heavy (non-hydrogen) atoms. The van der Waals surface area contributed by atoms with E-state index in [9.17, 15) is 5.11 Å². The number of rotatable bonds is 1. The molecule has 1 fully saturated rings. The Morgan fingerprint density at radius 3 is 2.50 bits per heavy atom. The van der Waals surface area contributed by atoms with E-state index in [-0.39, 0.29) is 12.6 Å². The number of likely N-dealkylation sites (tertiary alicyclic amines) is 1. The van der Waals surface area contributed by atoms with Crippen LogP contribution in [0.2, 0.25) is 0 Å². The highest BCUT2D eigenvalue weighted by molar-refractivity contribution is 4.91. The predicted molar refractivity (Wildman–Crippen MR) is 38.7 cm³/mol. The maximum Gasteiger partial charge on any atom is 0.0761 e. The molecule has 3 nitrogen and oxygen atoms in total. The fourth-order valence-electron chi connectivity index (χ4n) is 1.60. The third-order valence-corrected chi connectivity index (χ3v) is 2.10. The van der Waals surface area contributed by atoms with E-state index in [1.54, 1.807) is 6.92 Å². The Kier molecular flexibility index (Phi) is 1.99. The van der Waals surface area contributed by atoms with Crippen LogP contribution in [0.5, 0.6) is 0 Å². The van der Waals surface area contributed by atoms with E-state index in [4.69, 9.17) is 5.11 Å². The highest BCUT2D eigenvalue weighted by Gasteiger charge is 2.36. The summed E-state index contributed by atoms with van der Waals surface area (Å²) in [6, 6.07) is 0.148. The maximum absolute atomic E-state index is 9.51. The minimum absolute atomic E-state index is 0.145. The Balaban J connectivity index is 2.52. The van der Waals surface area contributed by atoms with Gasteiger partial charge in [-0.2, -0.15) is 0 Å². The highest BCUT2D eigenvalue weighted by atomic mass is 16.3. The topological polar surface area (TPSA) is 43.7 Å². The SMILES string of the molecule is CN1CC(C)(O)C[C@H]1CO. The van der Waals surface area contributed by atoms with Crippen molar-refractivity contribution in [3.63, 3.8) is 0 Å². The van der Waals surface area contributed by atoms with Crippen LogP contribution in [0.15, 0.2) is 0 Å². The molecule has 1 aliphatic heterocycles. The molecule has 1 heterocycles. The second kappa shape index (κ2) is 2.49. The van der Waals surface area contributed by atoms with Crippen molar-refractivity contribution in [2.75, 3.05) is 20.2 Å². The summed E-state index contributed by atoms with van der Waals surface area (Å²) in [7, 11) is 1.92. The molecule has 0 aromatic rings. The van der Waals surface area contributed by atoms with Gasteiger partial charge in [0.2, 0.25) is 0 Å². The Bertz CT molecular complexity index is 125. The fraction of sp³-hybridized carbons (Fsp3) is 1.00. The van der Waals surface area contributed by atoms with E-state index in [0.29, 0.717) is 13.0 Å². The van der Waals surface area contributed by atoms with Gasteiger partial charge in [-0.05, 0) is 20.4 Å². The van der Waals surface area contributed by atoms with Crippen LogP contribution in [0.4, 0.5) is 0 Å². The van der Waals surface area contributed by atoms with Crippen LogP contribution < -0.4 is 0 Å². The Morgan fingerprint density at radius 2 is 2.30 bits per heavy atom. The molecule has 0 spiro atoms. The van der Waals surface area contributed by atoms with Crippen molar-refractivity contribution >= 4 is 0 Å². The van der Waals surface area contributed by atoms with Gasteiger partial charge in [0.05, 0.1) is 12.2 Å². The van der Waals surface area contributed by atoms with Crippen molar-refractivity contribution in [2.24, 2.45) is 0 Å². The zero-order chi connectivity index (χ0) is 7.78. The summed E-state index contributed by atoms with van der Waals surface area (Å²) in [5.74, 6) is 0. The zero-order valence-electron chi connectivity index (χ0n) is 6.54. The monoisotopic (exact) mass is 145 g/mol. The highest BCUT2D eigenvalue weighted by Crippen LogP contribution is 2.24. The quantitative estimate of drug-likeness (QED) is 0.519. The summed E-state index contributed by atoms with van der Waals surface area (Å²) < 4.78 is 0. The number of nitrogens with zero attached hydrogens (tertiary/aromatic N) is 1. The second-order valence-electron chi connectivity index (χ2n) is 3.45. The van der Waals surface area contributed by atoms with Gasteiger partial charge < -0.3 is 10.2 Å². The van der Waals surface area contributed by atoms with Crippen LogP contribution in [0.1, 0.15) is 13.3 Å². The lowest BCUT2D eigenvalue weighted by atomic mass is 10.0. The molecule has 2 N–H and O–H groups in total. The first-order chi connectivity index (χ1) is 4.55. The van der Waals surface area contributed by atoms with Crippen molar-refractivity contribution in [1.82, 2.24) is 4.90 Å². The van der Waals surface area contributed by atoms with Gasteiger partial charge >= 0.3 is 0 Å². The molecule has 0 aromatic carbocycles. The zero-order valence-corrected chi connectivity index (χ0v) is 6.54. The molecule has 0 saturated carbocycles. The summed E-state index contributed by atoms with van der Waals surface area (Å²) in [5.41, 5.74) is -0.595. The lowest BCUT2D eigenvalue weighted by Gasteiger charge is -2.15. The Hall–Kier alpha value is -0.120. The Morgan fingerprint density at radius 1 is 1.70 bits per heavy atom. The van der Waals surface area contributed by atoms with Gasteiger partial charge in [0, 0.05) is 12.6 Å². The first-order valence-electron chi connectivity index (χ1n) is 3.59. The summed E-state index contributed by atoms with van der Waals surface area (Å²) in [6.07, 6.45) is 0.681. The molecule has 1 rings (SSSR count). The van der Waals surface area contributed by atoms with E-state index in [1.165, 1.54) is 0 Å². The average molecular weight is 145 g/mol. The smallest absolute Gasteiger partial charge is 0.0761 e. The molecule has 0 amide bonds. The molecule has 3 heteroatoms. The van der Waals surface area contributed by atoms with Crippen LogP contribution in [-0.4, -0.2) is 47.0 Å². The third kappa shape index (κ3) is 1.48. The van der Waals surface area contributed by atoms with Crippen molar-refractivity contribution in [3.05, 3.63) is 0 Å². The van der Waals surface area contributed by atoms with Gasteiger partial charge in [0.15, 0.2) is 0 Å². The van der Waals surface area contributed by atoms with E-state index >= 15 is 0 Å². The summed E-state index contributed by atoms with van der Waals surface area (Å²) in [4.78, 5) is 1.99. The summed E-state index contributed by atoms with van der Waals surface area (Å²) in [6.45, 7) is 2.62. The first kappa shape index (κ1) is 7.98. The van der Waals surface area contributed by atoms with E-state index in [1.807, 2.05) is 11.9 Å². The number of hydrogen-bond acceptors (Lipinski definition) is 3. The second-order valence-corrected chi connectivity index (χ2v) is 3.45. The van der Waals surface area contributed by atoms with Crippen LogP contribution >= 0.6 is 0 Å². The van der Waals surface area contributed by atoms with E-state index < -0.39 is 5.60 Å². The first-order valence-corrected chi connectivity index (χ1v) is 3.59. The Labute approximate surface area is 61.3 Å². The molecule has 2 atom stereocenters. The van der Waals surface area contributed by atoms with Crippen LogP contribution in [0.3, 0.4) is 0 Å². The van der Waals surface area contributed by atoms with E-state index in [2.05, 4.69) is 0 Å². The molecular weight excluding hydrogens is 130 g/mol. The van der Waals surface area contributed by atoms with Gasteiger partial charge in [-0.3, -0.25) is 4.90 Å². The minimum atomic E-state index is -0.595. The molecule has 1 unspecified atom stereocenters. The molecular formula is C7H15NO2. The van der Waals surface area contributed by atoms with Gasteiger partial charge in [-0.1, -0.05) is 0 Å². The van der Waals surface area contributed by atoms with Gasteiger partial charge in [-0.25, -0.2) is 0 Å². The van der Waals surface area contributed by atoms with Crippen molar-refractivity contribution in [3.8, 4) is 0 Å². The standard InChI is InChI=1S/C7H15NO2/c1-7(10)3-6(4-9)8(2)5-7/h6,9-10H,3-5H2,1-2H3/t6-,7?/m0/s1. The molecule has 1 aliphatic rings. The molecule has 0 aliphatic carbocycles. The normalized spacial score (nSPS) is 42.6. The predicted octanol–water partition coefficient (Wildman–Crippen LogP) is -0.566. The third-order valence-electron chi connectivity index (χ3n) is 2.10. The summed E-state index contributed by atoms with van der Waals surface area (Å²) >= 11 is 0. The molecule has 1 saturated heterocycles. The van der Waals surface area contributed by atoms with Crippen molar-refractivity contribution < 1.29 is 10.2 Å². The number of β-amino-alcohol motifs (C(OH)–C–C–N with tert-alkyl or cyclic N) is 1. The minimum Gasteiger partial charge on any atom is -0.395 e.